The van der Waals surface area contributed by atoms with Crippen molar-refractivity contribution in [3.05, 3.63) is 69.1 Å². The number of hydrogen-bond donors (Lipinski definition) is 1. The molecule has 2 heterocycles. The Hall–Kier alpha value is -2.28. The van der Waals surface area contributed by atoms with Gasteiger partial charge in [-0.15, -0.1) is 11.3 Å². The zero-order chi connectivity index (χ0) is 18.8. The molecule has 8 heteroatoms. The van der Waals surface area contributed by atoms with Gasteiger partial charge in [-0.3, -0.25) is 10.1 Å². The topological polar surface area (TPSA) is 60.5 Å². The lowest BCUT2D eigenvalue weighted by atomic mass is 10.1. The fourth-order valence-electron chi connectivity index (χ4n) is 2.63. The van der Waals surface area contributed by atoms with Crippen LogP contribution in [-0.2, 0) is 11.2 Å². The van der Waals surface area contributed by atoms with Crippen LogP contribution >= 0.6 is 34.5 Å². The quantitative estimate of drug-likeness (QED) is 0.656. The average molecular weight is 421 g/mol. The van der Waals surface area contributed by atoms with Crippen LogP contribution in [0.3, 0.4) is 0 Å². The van der Waals surface area contributed by atoms with E-state index in [1.165, 1.54) is 11.3 Å². The molecule has 1 N–H and O–H groups in total. The fraction of sp³-hybridized carbons (Fsp3) is 0.158. The first kappa shape index (κ1) is 18.1. The molecule has 0 saturated heterocycles. The highest BCUT2D eigenvalue weighted by Crippen LogP contribution is 2.31. The first-order valence-electron chi connectivity index (χ1n) is 8.16. The van der Waals surface area contributed by atoms with Crippen molar-refractivity contribution in [3.63, 3.8) is 0 Å². The van der Waals surface area contributed by atoms with E-state index in [0.717, 1.165) is 10.4 Å². The molecule has 1 unspecified atom stereocenters. The third kappa shape index (κ3) is 4.18. The SMILES string of the molecule is O=C(Nc1ncc(Cc2ccc(Cl)cc2Cl)s1)C1COc2ccccc2O1. The molecule has 0 radical (unpaired) electrons. The summed E-state index contributed by atoms with van der Waals surface area (Å²) in [6.07, 6.45) is 1.61. The number of ether oxygens (including phenoxy) is 2. The third-order valence-corrected chi connectivity index (χ3v) is 5.46. The molecule has 1 aromatic heterocycles. The van der Waals surface area contributed by atoms with Gasteiger partial charge < -0.3 is 9.47 Å². The van der Waals surface area contributed by atoms with Crippen molar-refractivity contribution < 1.29 is 14.3 Å². The third-order valence-electron chi connectivity index (χ3n) is 3.96. The molecule has 5 nitrogen and oxygen atoms in total. The van der Waals surface area contributed by atoms with E-state index in [1.54, 1.807) is 30.5 Å². The monoisotopic (exact) mass is 420 g/mol. The van der Waals surface area contributed by atoms with Gasteiger partial charge in [-0.1, -0.05) is 41.4 Å². The van der Waals surface area contributed by atoms with E-state index in [9.17, 15) is 4.79 Å². The molecule has 138 valence electrons. The molecule has 0 spiro atoms. The number of fused-ring (bicyclic) bond motifs is 1. The van der Waals surface area contributed by atoms with Gasteiger partial charge in [0.25, 0.3) is 5.91 Å². The van der Waals surface area contributed by atoms with Gasteiger partial charge in [0, 0.05) is 27.5 Å². The molecular weight excluding hydrogens is 407 g/mol. The number of nitrogens with zero attached hydrogens (tertiary/aromatic N) is 1. The standard InChI is InChI=1S/C19H14Cl2N2O3S/c20-12-6-5-11(14(21)8-12)7-13-9-22-19(27-13)23-18(24)17-10-25-15-3-1-2-4-16(15)26-17/h1-6,8-9,17H,7,10H2,(H,22,23,24). The Bertz CT molecular complexity index is 993. The van der Waals surface area contributed by atoms with Gasteiger partial charge in [0.05, 0.1) is 0 Å². The summed E-state index contributed by atoms with van der Waals surface area (Å²) in [6.45, 7) is 0.154. The Morgan fingerprint density at radius 3 is 2.85 bits per heavy atom. The number of thiazole rings is 1. The van der Waals surface area contributed by atoms with Gasteiger partial charge in [0.15, 0.2) is 16.6 Å². The van der Waals surface area contributed by atoms with Crippen molar-refractivity contribution in [1.82, 2.24) is 4.98 Å². The molecule has 0 fully saturated rings. The number of para-hydroxylation sites is 2. The van der Waals surface area contributed by atoms with Crippen LogP contribution in [0.15, 0.2) is 48.7 Å². The van der Waals surface area contributed by atoms with E-state index in [1.807, 2.05) is 18.2 Å². The molecule has 2 aromatic carbocycles. The van der Waals surface area contributed by atoms with Gasteiger partial charge in [-0.25, -0.2) is 4.98 Å². The van der Waals surface area contributed by atoms with E-state index in [0.29, 0.717) is 33.1 Å². The van der Waals surface area contributed by atoms with Crippen LogP contribution in [0.25, 0.3) is 0 Å². The van der Waals surface area contributed by atoms with Gasteiger partial charge in [0.1, 0.15) is 6.61 Å². The van der Waals surface area contributed by atoms with Gasteiger partial charge >= 0.3 is 0 Å². The second-order valence-corrected chi connectivity index (χ2v) is 7.86. The summed E-state index contributed by atoms with van der Waals surface area (Å²) in [5, 5.41) is 4.48. The average Bonchev–Trinajstić information content (AvgIpc) is 3.10. The number of carbonyl (C=O) groups is 1. The Balaban J connectivity index is 1.40. The molecule has 1 amide bonds. The van der Waals surface area contributed by atoms with Crippen LogP contribution in [0.5, 0.6) is 11.5 Å². The number of carbonyl (C=O) groups excluding carboxylic acids is 1. The Labute approximate surface area is 169 Å². The molecule has 0 aliphatic carbocycles. The molecule has 1 aliphatic rings. The van der Waals surface area contributed by atoms with E-state index < -0.39 is 6.10 Å². The maximum Gasteiger partial charge on any atom is 0.270 e. The maximum absolute atomic E-state index is 12.5. The van der Waals surface area contributed by atoms with E-state index in [-0.39, 0.29) is 12.5 Å². The van der Waals surface area contributed by atoms with Crippen molar-refractivity contribution in [2.75, 3.05) is 11.9 Å². The summed E-state index contributed by atoms with van der Waals surface area (Å²) in [5.74, 6) is 0.897. The molecule has 0 bridgehead atoms. The predicted octanol–water partition coefficient (Wildman–Crippen LogP) is 4.82. The molecule has 1 aliphatic heterocycles. The number of halogens is 2. The minimum Gasteiger partial charge on any atom is -0.485 e. The van der Waals surface area contributed by atoms with Crippen molar-refractivity contribution in [1.29, 1.82) is 0 Å². The predicted molar refractivity (Wildman–Crippen MR) is 106 cm³/mol. The molecule has 27 heavy (non-hydrogen) atoms. The van der Waals surface area contributed by atoms with Gasteiger partial charge in [0.2, 0.25) is 6.10 Å². The summed E-state index contributed by atoms with van der Waals surface area (Å²) in [5.41, 5.74) is 0.947. The van der Waals surface area contributed by atoms with Gasteiger partial charge in [-0.2, -0.15) is 0 Å². The smallest absolute Gasteiger partial charge is 0.270 e. The van der Waals surface area contributed by atoms with Crippen LogP contribution in [0.2, 0.25) is 10.0 Å². The summed E-state index contributed by atoms with van der Waals surface area (Å²) in [6, 6.07) is 12.6. The van der Waals surface area contributed by atoms with Crippen molar-refractivity contribution in [2.24, 2.45) is 0 Å². The number of nitrogens with one attached hydrogen (secondary N) is 1. The van der Waals surface area contributed by atoms with Crippen LogP contribution in [0, 0.1) is 0 Å². The lowest BCUT2D eigenvalue weighted by Crippen LogP contribution is -2.40. The zero-order valence-corrected chi connectivity index (χ0v) is 16.3. The number of amides is 1. The first-order valence-corrected chi connectivity index (χ1v) is 9.74. The molecule has 0 saturated carbocycles. The minimum atomic E-state index is -0.724. The Morgan fingerprint density at radius 2 is 2.04 bits per heavy atom. The van der Waals surface area contributed by atoms with Crippen molar-refractivity contribution >= 4 is 45.6 Å². The lowest BCUT2D eigenvalue weighted by molar-refractivity contribution is -0.125. The highest BCUT2D eigenvalue weighted by Gasteiger charge is 2.27. The largest absolute Gasteiger partial charge is 0.485 e. The molecule has 4 rings (SSSR count). The number of benzene rings is 2. The summed E-state index contributed by atoms with van der Waals surface area (Å²) in [4.78, 5) is 17.7. The van der Waals surface area contributed by atoms with Crippen molar-refractivity contribution in [3.8, 4) is 11.5 Å². The molecule has 3 aromatic rings. The zero-order valence-electron chi connectivity index (χ0n) is 13.9. The maximum atomic E-state index is 12.5. The van der Waals surface area contributed by atoms with E-state index in [4.69, 9.17) is 32.7 Å². The highest BCUT2D eigenvalue weighted by atomic mass is 35.5. The normalized spacial score (nSPS) is 15.4. The molecule has 1 atom stereocenters. The van der Waals surface area contributed by atoms with Crippen LogP contribution in [0.1, 0.15) is 10.4 Å². The lowest BCUT2D eigenvalue weighted by Gasteiger charge is -2.25. The fourth-order valence-corrected chi connectivity index (χ4v) is 3.95. The van der Waals surface area contributed by atoms with Crippen LogP contribution < -0.4 is 14.8 Å². The highest BCUT2D eigenvalue weighted by molar-refractivity contribution is 7.15. The van der Waals surface area contributed by atoms with Crippen LogP contribution in [-0.4, -0.2) is 23.6 Å². The van der Waals surface area contributed by atoms with Gasteiger partial charge in [-0.05, 0) is 29.8 Å². The Morgan fingerprint density at radius 1 is 1.22 bits per heavy atom. The van der Waals surface area contributed by atoms with E-state index >= 15 is 0 Å². The number of hydrogen-bond acceptors (Lipinski definition) is 5. The number of anilines is 1. The molecular formula is C19H14Cl2N2O3S. The second kappa shape index (κ2) is 7.76. The second-order valence-electron chi connectivity index (χ2n) is 5.90. The van der Waals surface area contributed by atoms with Crippen molar-refractivity contribution in [2.45, 2.75) is 12.5 Å². The summed E-state index contributed by atoms with van der Waals surface area (Å²) < 4.78 is 11.3. The number of aromatic nitrogens is 1. The Kier molecular flexibility index (Phi) is 5.20. The summed E-state index contributed by atoms with van der Waals surface area (Å²) in [7, 11) is 0. The number of rotatable bonds is 4. The summed E-state index contributed by atoms with van der Waals surface area (Å²) >= 11 is 13.5. The van der Waals surface area contributed by atoms with Crippen LogP contribution in [0.4, 0.5) is 5.13 Å². The minimum absolute atomic E-state index is 0.154. The first-order chi connectivity index (χ1) is 13.1. The van der Waals surface area contributed by atoms with E-state index in [2.05, 4.69) is 10.3 Å².